The summed E-state index contributed by atoms with van der Waals surface area (Å²) >= 11 is 0. The SMILES string of the molecule is CC(Cc1ccc(F)cc1)NC1CCOC1C1CC1. The number of hydrogen-bond acceptors (Lipinski definition) is 2. The van der Waals surface area contributed by atoms with Gasteiger partial charge in [0.1, 0.15) is 5.82 Å². The molecule has 1 saturated carbocycles. The standard InChI is InChI=1S/C16H22FNO/c1-11(10-12-2-6-14(17)7-3-12)18-15-8-9-19-16(15)13-4-5-13/h2-3,6-7,11,13,15-16,18H,4-5,8-10H2,1H3. The first-order valence-electron chi connectivity index (χ1n) is 7.34. The Labute approximate surface area is 114 Å². The molecule has 1 aromatic carbocycles. The summed E-state index contributed by atoms with van der Waals surface area (Å²) in [5, 5.41) is 3.69. The zero-order chi connectivity index (χ0) is 13.2. The fourth-order valence-corrected chi connectivity index (χ4v) is 3.08. The van der Waals surface area contributed by atoms with Crippen LogP contribution in [0.15, 0.2) is 24.3 Å². The minimum atomic E-state index is -0.164. The summed E-state index contributed by atoms with van der Waals surface area (Å²) in [6.45, 7) is 3.09. The first kappa shape index (κ1) is 13.1. The average molecular weight is 263 g/mol. The second-order valence-electron chi connectivity index (χ2n) is 5.97. The lowest BCUT2D eigenvalue weighted by atomic mass is 10.0. The highest BCUT2D eigenvalue weighted by molar-refractivity contribution is 5.17. The van der Waals surface area contributed by atoms with Gasteiger partial charge >= 0.3 is 0 Å². The summed E-state index contributed by atoms with van der Waals surface area (Å²) in [5.41, 5.74) is 1.18. The molecular weight excluding hydrogens is 241 g/mol. The van der Waals surface area contributed by atoms with Gasteiger partial charge in [-0.3, -0.25) is 0 Å². The molecule has 3 atom stereocenters. The van der Waals surface area contributed by atoms with Crippen LogP contribution in [0.4, 0.5) is 4.39 Å². The van der Waals surface area contributed by atoms with Crippen molar-refractivity contribution in [1.29, 1.82) is 0 Å². The van der Waals surface area contributed by atoms with Gasteiger partial charge < -0.3 is 10.1 Å². The average Bonchev–Trinajstić information content (AvgIpc) is 3.13. The molecule has 2 aliphatic rings. The molecule has 0 radical (unpaired) electrons. The van der Waals surface area contributed by atoms with Crippen LogP contribution in [-0.2, 0) is 11.2 Å². The molecule has 1 aromatic rings. The molecular formula is C16H22FNO. The van der Waals surface area contributed by atoms with Crippen molar-refractivity contribution >= 4 is 0 Å². The first-order valence-corrected chi connectivity index (χ1v) is 7.34. The van der Waals surface area contributed by atoms with Gasteiger partial charge in [0.15, 0.2) is 0 Å². The van der Waals surface area contributed by atoms with Crippen LogP contribution in [0.2, 0.25) is 0 Å². The van der Waals surface area contributed by atoms with E-state index >= 15 is 0 Å². The van der Waals surface area contributed by atoms with E-state index < -0.39 is 0 Å². The second kappa shape index (κ2) is 5.59. The van der Waals surface area contributed by atoms with Gasteiger partial charge in [-0.2, -0.15) is 0 Å². The largest absolute Gasteiger partial charge is 0.376 e. The van der Waals surface area contributed by atoms with Crippen LogP contribution >= 0.6 is 0 Å². The van der Waals surface area contributed by atoms with E-state index in [2.05, 4.69) is 12.2 Å². The Bertz CT molecular complexity index is 415. The van der Waals surface area contributed by atoms with Gasteiger partial charge in [-0.1, -0.05) is 12.1 Å². The zero-order valence-corrected chi connectivity index (χ0v) is 11.4. The molecule has 1 heterocycles. The van der Waals surface area contributed by atoms with E-state index in [1.165, 1.54) is 30.5 Å². The van der Waals surface area contributed by atoms with Crippen molar-refractivity contribution in [2.75, 3.05) is 6.61 Å². The third kappa shape index (κ3) is 3.34. The van der Waals surface area contributed by atoms with Gasteiger partial charge in [-0.15, -0.1) is 0 Å². The number of rotatable bonds is 5. The number of hydrogen-bond donors (Lipinski definition) is 1. The third-order valence-electron chi connectivity index (χ3n) is 4.18. The Morgan fingerprint density at radius 3 is 2.68 bits per heavy atom. The molecule has 3 rings (SSSR count). The summed E-state index contributed by atoms with van der Waals surface area (Å²) in [5.74, 6) is 0.625. The Morgan fingerprint density at radius 1 is 1.26 bits per heavy atom. The molecule has 1 aliphatic heterocycles. The summed E-state index contributed by atoms with van der Waals surface area (Å²) in [6.07, 6.45) is 5.14. The van der Waals surface area contributed by atoms with E-state index in [4.69, 9.17) is 4.74 Å². The third-order valence-corrected chi connectivity index (χ3v) is 4.18. The van der Waals surface area contributed by atoms with E-state index in [9.17, 15) is 4.39 Å². The first-order chi connectivity index (χ1) is 9.22. The molecule has 3 heteroatoms. The predicted molar refractivity (Wildman–Crippen MR) is 73.6 cm³/mol. The van der Waals surface area contributed by atoms with Crippen molar-refractivity contribution in [3.05, 3.63) is 35.6 Å². The quantitative estimate of drug-likeness (QED) is 0.882. The van der Waals surface area contributed by atoms with Gasteiger partial charge in [0, 0.05) is 18.7 Å². The normalized spacial score (nSPS) is 28.5. The van der Waals surface area contributed by atoms with E-state index in [1.54, 1.807) is 0 Å². The Kier molecular flexibility index (Phi) is 3.85. The van der Waals surface area contributed by atoms with Gasteiger partial charge in [-0.25, -0.2) is 4.39 Å². The highest BCUT2D eigenvalue weighted by Gasteiger charge is 2.40. The van der Waals surface area contributed by atoms with Crippen LogP contribution in [0.25, 0.3) is 0 Å². The maximum Gasteiger partial charge on any atom is 0.123 e. The highest BCUT2D eigenvalue weighted by atomic mass is 19.1. The van der Waals surface area contributed by atoms with Crippen molar-refractivity contribution in [2.45, 2.75) is 50.8 Å². The molecule has 104 valence electrons. The van der Waals surface area contributed by atoms with Crippen molar-refractivity contribution in [3.63, 3.8) is 0 Å². The Balaban J connectivity index is 1.52. The predicted octanol–water partition coefficient (Wildman–Crippen LogP) is 2.91. The molecule has 0 spiro atoms. The topological polar surface area (TPSA) is 21.3 Å². The monoisotopic (exact) mass is 263 g/mol. The smallest absolute Gasteiger partial charge is 0.123 e. The lowest BCUT2D eigenvalue weighted by Crippen LogP contribution is -2.43. The van der Waals surface area contributed by atoms with Crippen molar-refractivity contribution < 1.29 is 9.13 Å². The second-order valence-corrected chi connectivity index (χ2v) is 5.97. The lowest BCUT2D eigenvalue weighted by Gasteiger charge is -2.24. The van der Waals surface area contributed by atoms with E-state index in [1.807, 2.05) is 12.1 Å². The zero-order valence-electron chi connectivity index (χ0n) is 11.4. The molecule has 1 N–H and O–H groups in total. The number of ether oxygens (including phenoxy) is 1. The molecule has 19 heavy (non-hydrogen) atoms. The number of halogens is 1. The van der Waals surface area contributed by atoms with Gasteiger partial charge in [0.2, 0.25) is 0 Å². The van der Waals surface area contributed by atoms with Crippen molar-refractivity contribution in [3.8, 4) is 0 Å². The Morgan fingerprint density at radius 2 is 2.00 bits per heavy atom. The summed E-state index contributed by atoms with van der Waals surface area (Å²) < 4.78 is 18.7. The minimum absolute atomic E-state index is 0.164. The molecule has 1 aliphatic carbocycles. The van der Waals surface area contributed by atoms with E-state index in [-0.39, 0.29) is 5.82 Å². The summed E-state index contributed by atoms with van der Waals surface area (Å²) in [7, 11) is 0. The van der Waals surface area contributed by atoms with Crippen LogP contribution in [0.3, 0.4) is 0 Å². The fraction of sp³-hybridized carbons (Fsp3) is 0.625. The molecule has 2 fully saturated rings. The lowest BCUT2D eigenvalue weighted by molar-refractivity contribution is 0.0793. The van der Waals surface area contributed by atoms with Gasteiger partial charge in [-0.05, 0) is 56.2 Å². The maximum absolute atomic E-state index is 12.9. The van der Waals surface area contributed by atoms with Crippen molar-refractivity contribution in [1.82, 2.24) is 5.32 Å². The maximum atomic E-state index is 12.9. The van der Waals surface area contributed by atoms with Crippen LogP contribution < -0.4 is 5.32 Å². The fourth-order valence-electron chi connectivity index (χ4n) is 3.08. The van der Waals surface area contributed by atoms with Gasteiger partial charge in [0.05, 0.1) is 6.10 Å². The van der Waals surface area contributed by atoms with Crippen LogP contribution in [-0.4, -0.2) is 24.8 Å². The van der Waals surface area contributed by atoms with Crippen LogP contribution in [0, 0.1) is 11.7 Å². The van der Waals surface area contributed by atoms with Crippen LogP contribution in [0.5, 0.6) is 0 Å². The van der Waals surface area contributed by atoms with Crippen LogP contribution in [0.1, 0.15) is 31.7 Å². The van der Waals surface area contributed by atoms with Crippen molar-refractivity contribution in [2.24, 2.45) is 5.92 Å². The summed E-state index contributed by atoms with van der Waals surface area (Å²) in [4.78, 5) is 0. The highest BCUT2D eigenvalue weighted by Crippen LogP contribution is 2.38. The van der Waals surface area contributed by atoms with Gasteiger partial charge in [0.25, 0.3) is 0 Å². The molecule has 0 aromatic heterocycles. The minimum Gasteiger partial charge on any atom is -0.376 e. The molecule has 0 bridgehead atoms. The molecule has 2 nitrogen and oxygen atoms in total. The van der Waals surface area contributed by atoms with E-state index in [0.717, 1.165) is 25.4 Å². The molecule has 0 amide bonds. The molecule has 3 unspecified atom stereocenters. The number of nitrogens with one attached hydrogen (secondary N) is 1. The van der Waals surface area contributed by atoms with E-state index in [0.29, 0.717) is 18.2 Å². The molecule has 1 saturated heterocycles. The summed E-state index contributed by atoms with van der Waals surface area (Å²) in [6, 6.07) is 7.72. The number of benzene rings is 1. The Hall–Kier alpha value is -0.930.